The number of hydrogen-bond acceptors (Lipinski definition) is 4. The second-order valence-electron chi connectivity index (χ2n) is 6.68. The Labute approximate surface area is 154 Å². The third-order valence-corrected chi connectivity index (χ3v) is 4.25. The molecular weight excluding hydrogens is 326 g/mol. The molecule has 2 aromatic rings. The molecule has 5 heteroatoms. The molecule has 1 aliphatic heterocycles. The highest BCUT2D eigenvalue weighted by Gasteiger charge is 2.23. The van der Waals surface area contributed by atoms with Crippen LogP contribution in [0.5, 0.6) is 0 Å². The Morgan fingerprint density at radius 3 is 2.00 bits per heavy atom. The molecule has 0 radical (unpaired) electrons. The Morgan fingerprint density at radius 2 is 1.50 bits per heavy atom. The molecular formula is C21H25N3O2. The summed E-state index contributed by atoms with van der Waals surface area (Å²) in [4.78, 5) is 14.5. The molecule has 5 nitrogen and oxygen atoms in total. The molecule has 0 bridgehead atoms. The van der Waals surface area contributed by atoms with Crippen LogP contribution in [-0.2, 0) is 9.53 Å². The maximum Gasteiger partial charge on any atom is 0.254 e. The maximum absolute atomic E-state index is 12.4. The highest BCUT2D eigenvalue weighted by Crippen LogP contribution is 2.11. The van der Waals surface area contributed by atoms with Crippen LogP contribution in [0.2, 0.25) is 0 Å². The fraction of sp³-hybridized carbons (Fsp3) is 0.333. The van der Waals surface area contributed by atoms with Crippen LogP contribution >= 0.6 is 0 Å². The topological polar surface area (TPSA) is 53.9 Å². The third-order valence-electron chi connectivity index (χ3n) is 4.25. The van der Waals surface area contributed by atoms with Gasteiger partial charge < -0.3 is 4.74 Å². The first-order valence-corrected chi connectivity index (χ1v) is 8.97. The lowest BCUT2D eigenvalue weighted by molar-refractivity contribution is -0.125. The second kappa shape index (κ2) is 8.74. The highest BCUT2D eigenvalue weighted by atomic mass is 16.5. The molecule has 1 fully saturated rings. The van der Waals surface area contributed by atoms with Gasteiger partial charge in [0.25, 0.3) is 5.91 Å². The van der Waals surface area contributed by atoms with Gasteiger partial charge in [0, 0.05) is 24.2 Å². The predicted octanol–water partition coefficient (Wildman–Crippen LogP) is 2.66. The fourth-order valence-corrected chi connectivity index (χ4v) is 3.26. The van der Waals surface area contributed by atoms with Crippen LogP contribution in [-0.4, -0.2) is 48.4 Å². The summed E-state index contributed by atoms with van der Waals surface area (Å²) in [5.41, 5.74) is 5.41. The Kier molecular flexibility index (Phi) is 6.15. The largest absolute Gasteiger partial charge is 0.373 e. The molecule has 26 heavy (non-hydrogen) atoms. The molecule has 2 atom stereocenters. The Balaban J connectivity index is 1.71. The number of morpholine rings is 1. The smallest absolute Gasteiger partial charge is 0.254 e. The van der Waals surface area contributed by atoms with Crippen molar-refractivity contribution in [1.29, 1.82) is 0 Å². The van der Waals surface area contributed by atoms with Gasteiger partial charge in [0.2, 0.25) is 0 Å². The maximum atomic E-state index is 12.4. The minimum absolute atomic E-state index is 0.115. The number of nitrogens with one attached hydrogen (secondary N) is 1. The molecule has 0 spiro atoms. The van der Waals surface area contributed by atoms with Crippen molar-refractivity contribution in [3.63, 3.8) is 0 Å². The summed E-state index contributed by atoms with van der Waals surface area (Å²) in [5, 5.41) is 4.43. The molecule has 0 aliphatic carbocycles. The molecule has 3 rings (SSSR count). The number of rotatable bonds is 5. The molecule has 0 aromatic heterocycles. The Bertz CT molecular complexity index is 695. The number of hydrogen-bond donors (Lipinski definition) is 1. The van der Waals surface area contributed by atoms with Gasteiger partial charge in [-0.15, -0.1) is 0 Å². The van der Waals surface area contributed by atoms with Gasteiger partial charge in [0.1, 0.15) is 0 Å². The molecule has 1 amide bonds. The van der Waals surface area contributed by atoms with Crippen molar-refractivity contribution in [2.45, 2.75) is 26.1 Å². The van der Waals surface area contributed by atoms with Crippen molar-refractivity contribution in [2.24, 2.45) is 5.10 Å². The number of carbonyl (C=O) groups is 1. The van der Waals surface area contributed by atoms with Crippen molar-refractivity contribution in [3.8, 4) is 0 Å². The number of nitrogens with zero attached hydrogens (tertiary/aromatic N) is 2. The zero-order chi connectivity index (χ0) is 18.4. The number of hydrazone groups is 1. The lowest BCUT2D eigenvalue weighted by Crippen LogP contribution is -2.48. The quantitative estimate of drug-likeness (QED) is 0.666. The van der Waals surface area contributed by atoms with E-state index in [1.54, 1.807) is 0 Å². The van der Waals surface area contributed by atoms with E-state index in [1.807, 2.05) is 74.5 Å². The Morgan fingerprint density at radius 1 is 1.00 bits per heavy atom. The van der Waals surface area contributed by atoms with E-state index in [9.17, 15) is 4.79 Å². The van der Waals surface area contributed by atoms with Crippen molar-refractivity contribution >= 4 is 11.6 Å². The molecule has 1 N–H and O–H groups in total. The van der Waals surface area contributed by atoms with Gasteiger partial charge in [-0.25, -0.2) is 5.43 Å². The molecule has 0 unspecified atom stereocenters. The summed E-state index contributed by atoms with van der Waals surface area (Å²) in [7, 11) is 0. The van der Waals surface area contributed by atoms with Crippen LogP contribution in [0.1, 0.15) is 25.0 Å². The lowest BCUT2D eigenvalue weighted by Gasteiger charge is -2.34. The van der Waals surface area contributed by atoms with Gasteiger partial charge in [-0.05, 0) is 13.8 Å². The molecule has 2 aromatic carbocycles. The molecule has 1 aliphatic rings. The van der Waals surface area contributed by atoms with Crippen molar-refractivity contribution in [3.05, 3.63) is 71.8 Å². The number of benzene rings is 2. The van der Waals surface area contributed by atoms with Crippen molar-refractivity contribution in [1.82, 2.24) is 10.3 Å². The molecule has 136 valence electrons. The monoisotopic (exact) mass is 351 g/mol. The number of ether oxygens (including phenoxy) is 1. The number of amides is 1. The summed E-state index contributed by atoms with van der Waals surface area (Å²) < 4.78 is 5.71. The lowest BCUT2D eigenvalue weighted by atomic mass is 10.0. The van der Waals surface area contributed by atoms with E-state index in [0.717, 1.165) is 29.9 Å². The first kappa shape index (κ1) is 18.3. The minimum atomic E-state index is -0.115. The number of carbonyl (C=O) groups excluding carboxylic acids is 1. The first-order chi connectivity index (χ1) is 12.6. The second-order valence-corrected chi connectivity index (χ2v) is 6.68. The summed E-state index contributed by atoms with van der Waals surface area (Å²) in [6.07, 6.45) is 0.276. The summed E-state index contributed by atoms with van der Waals surface area (Å²) in [6.45, 7) is 5.89. The van der Waals surface area contributed by atoms with E-state index in [1.165, 1.54) is 0 Å². The minimum Gasteiger partial charge on any atom is -0.373 e. The fourth-order valence-electron chi connectivity index (χ4n) is 3.26. The summed E-state index contributed by atoms with van der Waals surface area (Å²) in [5.74, 6) is -0.115. The van der Waals surface area contributed by atoms with Gasteiger partial charge in [0.15, 0.2) is 0 Å². The van der Waals surface area contributed by atoms with Crippen LogP contribution in [0.15, 0.2) is 65.8 Å². The Hall–Kier alpha value is -2.50. The first-order valence-electron chi connectivity index (χ1n) is 8.97. The van der Waals surface area contributed by atoms with Gasteiger partial charge >= 0.3 is 0 Å². The van der Waals surface area contributed by atoms with E-state index in [0.29, 0.717) is 6.54 Å². The van der Waals surface area contributed by atoms with E-state index in [2.05, 4.69) is 15.4 Å². The molecule has 0 saturated carbocycles. The molecule has 1 heterocycles. The van der Waals surface area contributed by atoms with E-state index in [4.69, 9.17) is 4.74 Å². The van der Waals surface area contributed by atoms with E-state index < -0.39 is 0 Å². The normalized spacial score (nSPS) is 20.4. The third kappa shape index (κ3) is 5.00. The van der Waals surface area contributed by atoms with E-state index >= 15 is 0 Å². The molecule has 1 saturated heterocycles. The van der Waals surface area contributed by atoms with Crippen LogP contribution in [0.4, 0.5) is 0 Å². The zero-order valence-corrected chi connectivity index (χ0v) is 15.3. The standard InChI is InChI=1S/C21H25N3O2/c1-16-13-24(14-17(2)26-16)15-20(25)22-23-21(18-9-5-3-6-10-18)19-11-7-4-8-12-19/h3-12,16-17H,13-15H2,1-2H3,(H,22,25)/t16-,17-/m1/s1. The summed E-state index contributed by atoms with van der Waals surface area (Å²) >= 11 is 0. The summed E-state index contributed by atoms with van der Waals surface area (Å²) in [6, 6.07) is 19.7. The van der Waals surface area contributed by atoms with Gasteiger partial charge in [-0.3, -0.25) is 9.69 Å². The van der Waals surface area contributed by atoms with Gasteiger partial charge in [0.05, 0.1) is 24.5 Å². The van der Waals surface area contributed by atoms with Gasteiger partial charge in [-0.1, -0.05) is 60.7 Å². The van der Waals surface area contributed by atoms with E-state index in [-0.39, 0.29) is 18.1 Å². The predicted molar refractivity (Wildman–Crippen MR) is 103 cm³/mol. The van der Waals surface area contributed by atoms with Crippen LogP contribution in [0, 0.1) is 0 Å². The van der Waals surface area contributed by atoms with Crippen LogP contribution in [0.25, 0.3) is 0 Å². The highest BCUT2D eigenvalue weighted by molar-refractivity contribution is 6.13. The van der Waals surface area contributed by atoms with Gasteiger partial charge in [-0.2, -0.15) is 5.10 Å². The van der Waals surface area contributed by atoms with Crippen LogP contribution < -0.4 is 5.43 Å². The zero-order valence-electron chi connectivity index (χ0n) is 15.3. The SMILES string of the molecule is C[C@@H]1CN(CC(=O)NN=C(c2ccccc2)c2ccccc2)C[C@@H](C)O1. The average molecular weight is 351 g/mol. The van der Waals surface area contributed by atoms with Crippen molar-refractivity contribution < 1.29 is 9.53 Å². The average Bonchev–Trinajstić information content (AvgIpc) is 2.63. The van der Waals surface area contributed by atoms with Crippen LogP contribution in [0.3, 0.4) is 0 Å². The van der Waals surface area contributed by atoms with Crippen molar-refractivity contribution in [2.75, 3.05) is 19.6 Å².